The Morgan fingerprint density at radius 3 is 1.74 bits per heavy atom. The number of aromatic nitrogens is 4. The van der Waals surface area contributed by atoms with Crippen LogP contribution in [-0.4, -0.2) is 14.1 Å². The summed E-state index contributed by atoms with van der Waals surface area (Å²) in [7, 11) is 0. The van der Waals surface area contributed by atoms with Crippen molar-refractivity contribution < 1.29 is 71.5 Å². The summed E-state index contributed by atoms with van der Waals surface area (Å²) in [4.78, 5) is 4.69. The van der Waals surface area contributed by atoms with Crippen molar-refractivity contribution in [3.8, 4) is 107 Å². The van der Waals surface area contributed by atoms with Gasteiger partial charge in [0.2, 0.25) is 0 Å². The summed E-state index contributed by atoms with van der Waals surface area (Å²) in [5.74, 6) is 0.133. The van der Waals surface area contributed by atoms with E-state index in [9.17, 15) is 16.4 Å². The van der Waals surface area contributed by atoms with Gasteiger partial charge in [0, 0.05) is 54.0 Å². The molecule has 0 aliphatic heterocycles. The molecule has 0 unspecified atom stereocenters. The molecule has 3 heterocycles. The van der Waals surface area contributed by atoms with Crippen molar-refractivity contribution in [3.05, 3.63) is 320 Å². The smallest absolute Gasteiger partial charge is 0.268 e. The number of ether oxygens (including phenoxy) is 1. The predicted octanol–water partition coefficient (Wildman–Crippen LogP) is 20.9. The number of aryl methyl sites for hydroxylation is 1. The van der Waals surface area contributed by atoms with Crippen molar-refractivity contribution in [2.75, 3.05) is 0 Å². The minimum Gasteiger partial charge on any atom is -0.510 e. The van der Waals surface area contributed by atoms with Crippen LogP contribution in [-0.2, 0) is 26.5 Å². The largest absolute Gasteiger partial charge is 0.510 e. The molecule has 0 atom stereocenters. The van der Waals surface area contributed by atoms with E-state index < -0.39 is 209 Å². The molecule has 0 fully saturated rings. The minimum atomic E-state index is -2.93. The summed E-state index contributed by atoms with van der Waals surface area (Å²) in [6, 6.07) is 16.8. The maximum absolute atomic E-state index is 10.6. The minimum absolute atomic E-state index is 0. The standard InChI is InChI=1S/C83H60N4O.Pt/c1-56-45-81(84-54-76(56)62-31-18-9-19-32-62)87-77-36-21-20-35-72(77)73-43-42-71(53-79(73)87)88-70-34-22-33-69(52-70)85-55-86(78-44-39-63(51-80(78)85)60-37-40-68(41-38-60)83(2,3)4)82-74(61-29-16-8-17-30-61)49-66(59-27-14-7-15-28-59)50-75(82)67-47-64(57-23-10-5-11-24-57)46-65(48-67)58-25-12-6-13-26-58;/h5-51,54H,1-4H3;/q-2;/i1D3,5D,6D,7D,8D,9D,10D,11D,12D,13D,14D,15D,16D,17D,18D,19D,23D,24D,25D,26D,27D,28D,29D,31D,32D,46D,47D,48D;. The van der Waals surface area contributed by atoms with E-state index in [1.165, 1.54) is 27.3 Å². The molecule has 6 heteroatoms. The second kappa shape index (κ2) is 23.7. The van der Waals surface area contributed by atoms with Gasteiger partial charge in [-0.05, 0) is 155 Å². The quantitative estimate of drug-likeness (QED) is 0.0903. The molecule has 0 saturated carbocycles. The average Bonchev–Trinajstić information content (AvgIpc) is 1.37. The molecule has 0 radical (unpaired) electrons. The maximum atomic E-state index is 10.6. The van der Waals surface area contributed by atoms with Crippen molar-refractivity contribution in [3.63, 3.8) is 0 Å². The number of rotatable bonds is 12. The van der Waals surface area contributed by atoms with E-state index in [2.05, 4.69) is 39.2 Å². The summed E-state index contributed by atoms with van der Waals surface area (Å²) in [5, 5.41) is 1.27. The van der Waals surface area contributed by atoms with Crippen LogP contribution in [0.2, 0.25) is 0 Å². The van der Waals surface area contributed by atoms with Crippen LogP contribution in [0, 0.1) is 25.3 Å². The van der Waals surface area contributed by atoms with Gasteiger partial charge in [0.25, 0.3) is 6.33 Å². The Morgan fingerprint density at radius 1 is 0.472 bits per heavy atom. The molecular weight excluding hydrogens is 1260 g/mol. The van der Waals surface area contributed by atoms with Crippen LogP contribution in [0.5, 0.6) is 11.5 Å². The Hall–Kier alpha value is -10.5. The Bertz CT molecular complexity index is 6700. The van der Waals surface area contributed by atoms with Crippen LogP contribution in [0.1, 0.15) is 73.0 Å². The first kappa shape index (κ1) is 32.0. The van der Waals surface area contributed by atoms with Crippen LogP contribution in [0.4, 0.5) is 0 Å². The fourth-order valence-corrected chi connectivity index (χ4v) is 10.7. The zero-order valence-electron chi connectivity index (χ0n) is 77.1. The fraction of sp³-hybridized carbons (Fsp3) is 0.0602. The Balaban J connectivity index is 0.0000116. The molecule has 0 aliphatic carbocycles. The van der Waals surface area contributed by atoms with Crippen LogP contribution in [0.15, 0.2) is 291 Å². The van der Waals surface area contributed by atoms with Crippen LogP contribution < -0.4 is 9.30 Å². The van der Waals surface area contributed by atoms with Crippen LogP contribution in [0.25, 0.3) is 128 Å². The predicted molar refractivity (Wildman–Crippen MR) is 361 cm³/mol. The SMILES string of the molecule is [2H]c1cc(-c2cc(-c3c([2H])c([2H])c([2H])c([2H])c3[2H])cc(-c3c([2H])c(-c4c([2H])c([2H])c([2H])c([2H])c4[2H])c([2H])c(-c4c([2H])c([2H])c([2H])c([2H])c4[2H])c3[2H])c2-[n+]2[c-]n(-c3[c-]c(Oc4[c-]c5c(cc4)c4ccccc4n5-c4cc(C([2H])([2H])[2H])c(-c5c([2H])c([2H])c([2H])c([2H])c5[2H])cn4)ccc3)c3cc(-c4ccc(C(C)(C)C)cc4)ccc32)c([2H])c([2H])c1[2H].[Pt]. The monoisotopic (exact) mass is 1350 g/mol. The summed E-state index contributed by atoms with van der Waals surface area (Å²) in [5.41, 5.74) is -4.00. The van der Waals surface area contributed by atoms with E-state index in [0.717, 1.165) is 17.8 Å². The summed E-state index contributed by atoms with van der Waals surface area (Å²) in [6.07, 6.45) is 4.56. The molecule has 0 N–H and O–H groups in total. The average molecular weight is 1350 g/mol. The summed E-state index contributed by atoms with van der Waals surface area (Å²) in [6.45, 7) is 3.23. The van der Waals surface area contributed by atoms with E-state index in [0.29, 0.717) is 32.9 Å². The number of benzene rings is 12. The van der Waals surface area contributed by atoms with Gasteiger partial charge in [0.05, 0.1) is 53.7 Å². The third-order valence-corrected chi connectivity index (χ3v) is 14.9. The number of para-hydroxylation sites is 1. The Kier molecular flexibility index (Phi) is 8.50. The van der Waals surface area contributed by atoms with E-state index in [1.807, 2.05) is 30.3 Å². The van der Waals surface area contributed by atoms with Gasteiger partial charge in [-0.15, -0.1) is 29.7 Å². The molecule has 15 aromatic rings. The molecule has 5 nitrogen and oxygen atoms in total. The molecule has 89 heavy (non-hydrogen) atoms. The van der Waals surface area contributed by atoms with Gasteiger partial charge in [-0.1, -0.05) is 232 Å². The van der Waals surface area contributed by atoms with Crippen LogP contribution >= 0.6 is 0 Å². The number of hydrogen-bond donors (Lipinski definition) is 0. The van der Waals surface area contributed by atoms with E-state index >= 15 is 0 Å². The van der Waals surface area contributed by atoms with Gasteiger partial charge < -0.3 is 13.9 Å². The zero-order chi connectivity index (χ0) is 85.3. The van der Waals surface area contributed by atoms with Crippen molar-refractivity contribution in [1.82, 2.24) is 14.1 Å². The van der Waals surface area contributed by atoms with Crippen LogP contribution in [0.3, 0.4) is 0 Å². The first-order valence-corrected chi connectivity index (χ1v) is 27.5. The van der Waals surface area contributed by atoms with Gasteiger partial charge in [-0.2, -0.15) is 18.2 Å². The Labute approximate surface area is 576 Å². The molecule has 0 aliphatic rings. The van der Waals surface area contributed by atoms with Gasteiger partial charge in [-0.25, -0.2) is 4.98 Å². The van der Waals surface area contributed by atoms with Gasteiger partial charge in [-0.3, -0.25) is 4.57 Å². The second-order valence-corrected chi connectivity index (χ2v) is 21.3. The molecule has 3 aromatic heterocycles. The van der Waals surface area contributed by atoms with Crippen molar-refractivity contribution >= 4 is 32.8 Å². The normalized spacial score (nSPS) is 16.4. The number of pyridine rings is 1. The Morgan fingerprint density at radius 2 is 1.07 bits per heavy atom. The third kappa shape index (κ3) is 10.9. The topological polar surface area (TPSA) is 35.9 Å². The number of nitrogens with zero attached hydrogens (tertiary/aromatic N) is 4. The molecule has 430 valence electrons. The fourth-order valence-electron chi connectivity index (χ4n) is 10.7. The first-order chi connectivity index (χ1) is 55.6. The molecular formula is C83H60N4OPt-2. The summed E-state index contributed by atoms with van der Waals surface area (Å²) < 4.78 is 284. The first-order valence-electron chi connectivity index (χ1n) is 42.5. The van der Waals surface area contributed by atoms with E-state index in [1.54, 1.807) is 71.3 Å². The summed E-state index contributed by atoms with van der Waals surface area (Å²) >= 11 is 0. The van der Waals surface area contributed by atoms with Crippen molar-refractivity contribution in [2.45, 2.75) is 33.0 Å². The second-order valence-electron chi connectivity index (χ2n) is 21.3. The number of hydrogen-bond acceptors (Lipinski definition) is 2. The molecule has 0 bridgehead atoms. The molecule has 0 saturated heterocycles. The molecule has 0 amide bonds. The van der Waals surface area contributed by atoms with Crippen molar-refractivity contribution in [2.24, 2.45) is 0 Å². The number of imidazole rings is 1. The van der Waals surface area contributed by atoms with Gasteiger partial charge in [0.15, 0.2) is 0 Å². The van der Waals surface area contributed by atoms with E-state index in [-0.39, 0.29) is 99.6 Å². The molecule has 15 rings (SSSR count). The van der Waals surface area contributed by atoms with Gasteiger partial charge >= 0.3 is 0 Å². The van der Waals surface area contributed by atoms with E-state index in [4.69, 9.17) is 34.4 Å². The zero-order valence-corrected chi connectivity index (χ0v) is 49.4. The molecule has 12 aromatic carbocycles. The van der Waals surface area contributed by atoms with Gasteiger partial charge in [0.1, 0.15) is 5.82 Å². The maximum Gasteiger partial charge on any atom is 0.268 e. The van der Waals surface area contributed by atoms with Crippen molar-refractivity contribution in [1.29, 1.82) is 0 Å². The third-order valence-electron chi connectivity index (χ3n) is 14.9. The molecule has 0 spiro atoms. The number of fused-ring (bicyclic) bond motifs is 4.